The topological polar surface area (TPSA) is 95.6 Å². The third kappa shape index (κ3) is 5.33. The molecular weight excluding hydrogens is 462 g/mol. The summed E-state index contributed by atoms with van der Waals surface area (Å²) in [6.45, 7) is 6.12. The number of aryl methyl sites for hydroxylation is 1. The summed E-state index contributed by atoms with van der Waals surface area (Å²) >= 11 is 0. The van der Waals surface area contributed by atoms with E-state index in [1.54, 1.807) is 23.4 Å². The van der Waals surface area contributed by atoms with Crippen molar-refractivity contribution >= 4 is 21.8 Å². The molecule has 8 heteroatoms. The number of nitrogens with zero attached hydrogens (tertiary/aromatic N) is 1. The van der Waals surface area contributed by atoms with Crippen molar-refractivity contribution in [1.29, 1.82) is 0 Å². The Labute approximate surface area is 207 Å². The van der Waals surface area contributed by atoms with E-state index in [0.717, 1.165) is 31.2 Å². The summed E-state index contributed by atoms with van der Waals surface area (Å²) in [6.07, 6.45) is 5.67. The Balaban J connectivity index is 1.45. The molecule has 1 saturated carbocycles. The smallest absolute Gasteiger partial charge is 0.251 e. The van der Waals surface area contributed by atoms with Crippen LogP contribution in [0.5, 0.6) is 0 Å². The van der Waals surface area contributed by atoms with Crippen LogP contribution in [0, 0.1) is 6.92 Å². The highest BCUT2D eigenvalue weighted by Crippen LogP contribution is 2.47. The van der Waals surface area contributed by atoms with Crippen LogP contribution in [0.15, 0.2) is 66.1 Å². The molecule has 0 radical (unpaired) electrons. The second kappa shape index (κ2) is 10.3. The van der Waals surface area contributed by atoms with Crippen molar-refractivity contribution in [3.63, 3.8) is 0 Å². The zero-order chi connectivity index (χ0) is 25.1. The van der Waals surface area contributed by atoms with Crippen molar-refractivity contribution in [3.8, 4) is 0 Å². The number of rotatable bonds is 8. The van der Waals surface area contributed by atoms with Crippen LogP contribution in [0.1, 0.15) is 53.6 Å². The van der Waals surface area contributed by atoms with Gasteiger partial charge in [0.25, 0.3) is 5.91 Å². The maximum Gasteiger partial charge on any atom is 0.251 e. The summed E-state index contributed by atoms with van der Waals surface area (Å²) in [4.78, 5) is 24.7. The van der Waals surface area contributed by atoms with Crippen LogP contribution in [-0.4, -0.2) is 49.2 Å². The van der Waals surface area contributed by atoms with Gasteiger partial charge in [-0.25, -0.2) is 8.42 Å². The highest BCUT2D eigenvalue weighted by Gasteiger charge is 2.51. The van der Waals surface area contributed by atoms with Crippen molar-refractivity contribution < 1.29 is 18.0 Å². The number of nitrogens with one attached hydrogen (secondary N) is 2. The molecule has 0 bridgehead atoms. The number of sulfonamides is 1. The first kappa shape index (κ1) is 25.1. The van der Waals surface area contributed by atoms with Crippen LogP contribution < -0.4 is 10.6 Å². The Morgan fingerprint density at radius 3 is 2.54 bits per heavy atom. The maximum absolute atomic E-state index is 13.7. The molecule has 35 heavy (non-hydrogen) atoms. The highest BCUT2D eigenvalue weighted by atomic mass is 32.2. The van der Waals surface area contributed by atoms with Crippen LogP contribution in [-0.2, 0) is 21.2 Å². The number of amides is 2. The summed E-state index contributed by atoms with van der Waals surface area (Å²) in [5, 5.41) is 5.86. The molecule has 2 aromatic rings. The van der Waals surface area contributed by atoms with Gasteiger partial charge < -0.3 is 10.6 Å². The van der Waals surface area contributed by atoms with E-state index in [4.69, 9.17) is 0 Å². The van der Waals surface area contributed by atoms with Gasteiger partial charge >= 0.3 is 0 Å². The third-order valence-corrected chi connectivity index (χ3v) is 9.22. The molecule has 7 nitrogen and oxygen atoms in total. The van der Waals surface area contributed by atoms with E-state index in [9.17, 15) is 18.0 Å². The second-order valence-electron chi connectivity index (χ2n) is 9.53. The zero-order valence-electron chi connectivity index (χ0n) is 20.1. The third-order valence-electron chi connectivity index (χ3n) is 7.22. The molecule has 1 aliphatic heterocycles. The first-order chi connectivity index (χ1) is 16.7. The number of hydrogen-bond donors (Lipinski definition) is 2. The van der Waals surface area contributed by atoms with Crippen molar-refractivity contribution in [2.75, 3.05) is 13.1 Å². The van der Waals surface area contributed by atoms with E-state index < -0.39 is 15.6 Å². The fourth-order valence-corrected chi connectivity index (χ4v) is 7.14. The fraction of sp³-hybridized carbons (Fsp3) is 0.407. The number of piperidine rings is 1. The van der Waals surface area contributed by atoms with Crippen LogP contribution in [0.2, 0.25) is 0 Å². The summed E-state index contributed by atoms with van der Waals surface area (Å²) in [5.41, 5.74) is 1.78. The Morgan fingerprint density at radius 1 is 1.17 bits per heavy atom. The average molecular weight is 496 g/mol. The summed E-state index contributed by atoms with van der Waals surface area (Å²) in [5.74, 6) is -0.439. The van der Waals surface area contributed by atoms with Gasteiger partial charge in [-0.05, 0) is 80.9 Å². The predicted molar refractivity (Wildman–Crippen MR) is 135 cm³/mol. The quantitative estimate of drug-likeness (QED) is 0.549. The SMILES string of the molecule is C=CC(=O)NC1CCN(S(=O)(=O)c2ccc(C(=O)NCCc3ccccc3)c(C)c2)C2(CCC2)C1. The Bertz CT molecular complexity index is 1210. The van der Waals surface area contributed by atoms with Gasteiger partial charge in [0.1, 0.15) is 0 Å². The Hall–Kier alpha value is -2.97. The molecule has 1 unspecified atom stereocenters. The number of carbonyl (C=O) groups is 2. The van der Waals surface area contributed by atoms with E-state index in [-0.39, 0.29) is 22.8 Å². The predicted octanol–water partition coefficient (Wildman–Crippen LogP) is 3.35. The lowest BCUT2D eigenvalue weighted by Crippen LogP contribution is -2.63. The summed E-state index contributed by atoms with van der Waals surface area (Å²) in [7, 11) is -3.74. The molecular formula is C27H33N3O4S. The van der Waals surface area contributed by atoms with Gasteiger partial charge in [-0.1, -0.05) is 36.9 Å². The van der Waals surface area contributed by atoms with Gasteiger partial charge in [-0.15, -0.1) is 0 Å². The Kier molecular flexibility index (Phi) is 7.42. The average Bonchev–Trinajstić information content (AvgIpc) is 2.83. The van der Waals surface area contributed by atoms with E-state index in [2.05, 4.69) is 17.2 Å². The minimum Gasteiger partial charge on any atom is -0.352 e. The van der Waals surface area contributed by atoms with Gasteiger partial charge in [0, 0.05) is 30.2 Å². The van der Waals surface area contributed by atoms with Gasteiger partial charge in [-0.2, -0.15) is 4.31 Å². The first-order valence-electron chi connectivity index (χ1n) is 12.1. The minimum absolute atomic E-state index is 0.0593. The summed E-state index contributed by atoms with van der Waals surface area (Å²) in [6, 6.07) is 14.6. The molecule has 1 heterocycles. The molecule has 1 spiro atoms. The van der Waals surface area contributed by atoms with Crippen LogP contribution in [0.25, 0.3) is 0 Å². The van der Waals surface area contributed by atoms with Crippen LogP contribution in [0.3, 0.4) is 0 Å². The van der Waals surface area contributed by atoms with E-state index in [1.807, 2.05) is 30.3 Å². The number of benzene rings is 2. The lowest BCUT2D eigenvalue weighted by molar-refractivity contribution is -0.117. The van der Waals surface area contributed by atoms with Crippen molar-refractivity contribution in [2.45, 2.75) is 61.9 Å². The lowest BCUT2D eigenvalue weighted by Gasteiger charge is -2.54. The molecule has 0 aromatic heterocycles. The normalized spacial score (nSPS) is 19.5. The molecule has 186 valence electrons. The van der Waals surface area contributed by atoms with Crippen molar-refractivity contribution in [2.24, 2.45) is 0 Å². The molecule has 4 rings (SSSR count). The first-order valence-corrected chi connectivity index (χ1v) is 13.6. The van der Waals surface area contributed by atoms with Gasteiger partial charge in [-0.3, -0.25) is 9.59 Å². The standard InChI is InChI=1S/C27H33N3O4S/c1-3-25(31)29-22-13-17-30(27(19-22)14-7-15-27)35(33,34)23-10-11-24(20(2)18-23)26(32)28-16-12-21-8-5-4-6-9-21/h3-6,8-11,18,22H,1,7,12-17,19H2,2H3,(H,28,32)(H,29,31). The molecule has 1 atom stereocenters. The molecule has 1 saturated heterocycles. The molecule has 2 fully saturated rings. The number of hydrogen-bond acceptors (Lipinski definition) is 4. The monoisotopic (exact) mass is 495 g/mol. The second-order valence-corrected chi connectivity index (χ2v) is 11.4. The van der Waals surface area contributed by atoms with E-state index >= 15 is 0 Å². The lowest BCUT2D eigenvalue weighted by atomic mass is 9.70. The Morgan fingerprint density at radius 2 is 1.91 bits per heavy atom. The molecule has 1 aliphatic carbocycles. The van der Waals surface area contributed by atoms with Crippen molar-refractivity contribution in [3.05, 3.63) is 77.9 Å². The molecule has 2 aliphatic rings. The largest absolute Gasteiger partial charge is 0.352 e. The van der Waals surface area contributed by atoms with Crippen molar-refractivity contribution in [1.82, 2.24) is 14.9 Å². The fourth-order valence-electron chi connectivity index (χ4n) is 5.21. The van der Waals surface area contributed by atoms with Gasteiger partial charge in [0.2, 0.25) is 15.9 Å². The molecule has 2 amide bonds. The molecule has 2 N–H and O–H groups in total. The van der Waals surface area contributed by atoms with Gasteiger partial charge in [0.15, 0.2) is 0 Å². The van der Waals surface area contributed by atoms with Crippen LogP contribution in [0.4, 0.5) is 0 Å². The van der Waals surface area contributed by atoms with E-state index in [0.29, 0.717) is 37.1 Å². The number of carbonyl (C=O) groups excluding carboxylic acids is 2. The molecule has 2 aromatic carbocycles. The van der Waals surface area contributed by atoms with E-state index in [1.165, 1.54) is 12.1 Å². The summed E-state index contributed by atoms with van der Waals surface area (Å²) < 4.78 is 29.0. The van der Waals surface area contributed by atoms with Crippen LogP contribution >= 0.6 is 0 Å². The highest BCUT2D eigenvalue weighted by molar-refractivity contribution is 7.89. The maximum atomic E-state index is 13.7. The van der Waals surface area contributed by atoms with Gasteiger partial charge in [0.05, 0.1) is 4.90 Å². The zero-order valence-corrected chi connectivity index (χ0v) is 20.9. The minimum atomic E-state index is -3.74.